The van der Waals surface area contributed by atoms with Gasteiger partial charge >= 0.3 is 6.03 Å². The van der Waals surface area contributed by atoms with Crippen LogP contribution in [0.15, 0.2) is 0 Å². The van der Waals surface area contributed by atoms with E-state index in [-0.39, 0.29) is 12.1 Å². The summed E-state index contributed by atoms with van der Waals surface area (Å²) in [5.74, 6) is 0. The molecule has 0 spiro atoms. The van der Waals surface area contributed by atoms with Gasteiger partial charge in [0.25, 0.3) is 0 Å². The number of hydrogen-bond acceptors (Lipinski definition) is 3. The first-order chi connectivity index (χ1) is 8.77. The molecule has 1 fully saturated rings. The van der Waals surface area contributed by atoms with Crippen LogP contribution in [0.4, 0.5) is 4.79 Å². The average Bonchev–Trinajstić information content (AvgIpc) is 2.88. The van der Waals surface area contributed by atoms with Crippen LogP contribution >= 0.6 is 0 Å². The number of carbonyl (C=O) groups excluding carboxylic acids is 1. The van der Waals surface area contributed by atoms with E-state index in [1.54, 1.807) is 4.90 Å². The molecule has 2 amide bonds. The molecule has 5 nitrogen and oxygen atoms in total. The Kier molecular flexibility index (Phi) is 7.76. The zero-order valence-corrected chi connectivity index (χ0v) is 11.6. The third kappa shape index (κ3) is 5.69. The van der Waals surface area contributed by atoms with Gasteiger partial charge in [-0.15, -0.1) is 0 Å². The highest BCUT2D eigenvalue weighted by molar-refractivity contribution is 5.73. The Labute approximate surface area is 110 Å². The fourth-order valence-corrected chi connectivity index (χ4v) is 1.98. The topological polar surface area (TPSA) is 50.8 Å². The quantitative estimate of drug-likeness (QED) is 0.673. The first-order valence-corrected chi connectivity index (χ1v) is 7.00. The molecule has 0 aromatic heterocycles. The van der Waals surface area contributed by atoms with Crippen LogP contribution in [-0.2, 0) is 9.47 Å². The van der Waals surface area contributed by atoms with Gasteiger partial charge in [-0.25, -0.2) is 4.79 Å². The van der Waals surface area contributed by atoms with Crippen LogP contribution in [0.3, 0.4) is 0 Å². The lowest BCUT2D eigenvalue weighted by Gasteiger charge is -2.19. The number of hydrogen-bond donors (Lipinski definition) is 1. The molecule has 0 aliphatic carbocycles. The van der Waals surface area contributed by atoms with E-state index in [2.05, 4.69) is 5.32 Å². The molecule has 106 valence electrons. The Bertz CT molecular complexity index is 226. The van der Waals surface area contributed by atoms with E-state index in [0.717, 1.165) is 39.0 Å². The van der Waals surface area contributed by atoms with E-state index in [0.29, 0.717) is 19.8 Å². The summed E-state index contributed by atoms with van der Waals surface area (Å²) in [6.07, 6.45) is 3.39. The molecule has 0 aromatic carbocycles. The highest BCUT2D eigenvalue weighted by Gasteiger charge is 2.15. The van der Waals surface area contributed by atoms with Crippen molar-refractivity contribution in [1.29, 1.82) is 0 Å². The summed E-state index contributed by atoms with van der Waals surface area (Å²) < 4.78 is 11.0. The molecule has 1 rings (SSSR count). The first-order valence-electron chi connectivity index (χ1n) is 7.00. The van der Waals surface area contributed by atoms with Crippen molar-refractivity contribution in [3.05, 3.63) is 0 Å². The normalized spacial score (nSPS) is 18.9. The maximum absolute atomic E-state index is 11.6. The number of carbonyl (C=O) groups is 1. The number of ether oxygens (including phenoxy) is 2. The van der Waals surface area contributed by atoms with Crippen molar-refractivity contribution < 1.29 is 14.3 Å². The van der Waals surface area contributed by atoms with Crippen molar-refractivity contribution in [1.82, 2.24) is 10.2 Å². The smallest absolute Gasteiger partial charge is 0.317 e. The van der Waals surface area contributed by atoms with Gasteiger partial charge in [0.1, 0.15) is 0 Å². The van der Waals surface area contributed by atoms with Gasteiger partial charge in [0.15, 0.2) is 0 Å². The maximum Gasteiger partial charge on any atom is 0.317 e. The number of nitrogens with one attached hydrogen (secondary N) is 1. The number of urea groups is 1. The Morgan fingerprint density at radius 1 is 1.44 bits per heavy atom. The predicted molar refractivity (Wildman–Crippen MR) is 70.7 cm³/mol. The lowest BCUT2D eigenvalue weighted by molar-refractivity contribution is 0.0167. The lowest BCUT2D eigenvalue weighted by atomic mass is 10.2. The molecule has 1 saturated heterocycles. The highest BCUT2D eigenvalue weighted by atomic mass is 16.5. The molecule has 0 aromatic rings. The Morgan fingerprint density at radius 3 is 2.83 bits per heavy atom. The second-order valence-corrected chi connectivity index (χ2v) is 4.47. The summed E-state index contributed by atoms with van der Waals surface area (Å²) in [5.41, 5.74) is 0. The molecule has 0 radical (unpaired) electrons. The molecule has 18 heavy (non-hydrogen) atoms. The second-order valence-electron chi connectivity index (χ2n) is 4.47. The molecule has 1 atom stereocenters. The van der Waals surface area contributed by atoms with Crippen molar-refractivity contribution in [2.24, 2.45) is 0 Å². The van der Waals surface area contributed by atoms with Gasteiger partial charge in [-0.1, -0.05) is 0 Å². The summed E-state index contributed by atoms with van der Waals surface area (Å²) in [7, 11) is 0. The summed E-state index contributed by atoms with van der Waals surface area (Å²) in [5, 5.41) is 2.89. The Balaban J connectivity index is 1.92. The fraction of sp³-hybridized carbons (Fsp3) is 0.923. The van der Waals surface area contributed by atoms with Crippen molar-refractivity contribution in [3.63, 3.8) is 0 Å². The highest BCUT2D eigenvalue weighted by Crippen LogP contribution is 2.11. The van der Waals surface area contributed by atoms with Crippen LogP contribution < -0.4 is 5.32 Å². The predicted octanol–water partition coefficient (Wildman–Crippen LogP) is 1.62. The molecule has 1 N–H and O–H groups in total. The van der Waals surface area contributed by atoms with Gasteiger partial charge in [0, 0.05) is 32.8 Å². The zero-order chi connectivity index (χ0) is 13.2. The van der Waals surface area contributed by atoms with E-state index < -0.39 is 0 Å². The molecule has 5 heteroatoms. The average molecular weight is 258 g/mol. The van der Waals surface area contributed by atoms with Crippen LogP contribution in [0, 0.1) is 0 Å². The Hall–Kier alpha value is -0.810. The second kappa shape index (κ2) is 9.16. The largest absolute Gasteiger partial charge is 0.379 e. The maximum atomic E-state index is 11.6. The fourth-order valence-electron chi connectivity index (χ4n) is 1.98. The van der Waals surface area contributed by atoms with Crippen molar-refractivity contribution >= 4 is 6.03 Å². The lowest BCUT2D eigenvalue weighted by Crippen LogP contribution is -2.40. The first kappa shape index (κ1) is 15.2. The summed E-state index contributed by atoms with van der Waals surface area (Å²) >= 11 is 0. The van der Waals surface area contributed by atoms with Crippen LogP contribution in [0.2, 0.25) is 0 Å². The number of rotatable bonds is 8. The molecule has 0 saturated carbocycles. The minimum atomic E-state index is 0.0131. The summed E-state index contributed by atoms with van der Waals surface area (Å²) in [6.45, 7) is 8.36. The van der Waals surface area contributed by atoms with Crippen molar-refractivity contribution in [2.75, 3.05) is 39.5 Å². The van der Waals surface area contributed by atoms with Gasteiger partial charge in [-0.05, 0) is 33.1 Å². The number of amides is 2. The standard InChI is InChI=1S/C13H26N2O3/c1-3-15(4-2)13(16)14-8-6-9-17-11-12-7-5-10-18-12/h12H,3-11H2,1-2H3,(H,14,16). The molecular formula is C13H26N2O3. The molecule has 1 aliphatic rings. The van der Waals surface area contributed by atoms with Gasteiger partial charge in [0.2, 0.25) is 0 Å². The minimum Gasteiger partial charge on any atom is -0.379 e. The zero-order valence-electron chi connectivity index (χ0n) is 11.6. The van der Waals surface area contributed by atoms with Gasteiger partial charge in [0.05, 0.1) is 12.7 Å². The van der Waals surface area contributed by atoms with E-state index in [9.17, 15) is 4.79 Å². The van der Waals surface area contributed by atoms with Gasteiger partial charge in [-0.2, -0.15) is 0 Å². The van der Waals surface area contributed by atoms with Gasteiger partial charge in [-0.3, -0.25) is 0 Å². The minimum absolute atomic E-state index is 0.0131. The third-order valence-electron chi connectivity index (χ3n) is 3.12. The van der Waals surface area contributed by atoms with E-state index in [1.165, 1.54) is 0 Å². The van der Waals surface area contributed by atoms with E-state index in [4.69, 9.17) is 9.47 Å². The van der Waals surface area contributed by atoms with Crippen molar-refractivity contribution in [2.45, 2.75) is 39.2 Å². The Morgan fingerprint density at radius 2 is 2.22 bits per heavy atom. The third-order valence-corrected chi connectivity index (χ3v) is 3.12. The SMILES string of the molecule is CCN(CC)C(=O)NCCCOCC1CCCO1. The molecular weight excluding hydrogens is 232 g/mol. The van der Waals surface area contributed by atoms with Crippen LogP contribution in [0.25, 0.3) is 0 Å². The summed E-state index contributed by atoms with van der Waals surface area (Å²) in [6, 6.07) is 0.0131. The summed E-state index contributed by atoms with van der Waals surface area (Å²) in [4.78, 5) is 13.4. The molecule has 1 heterocycles. The van der Waals surface area contributed by atoms with Crippen LogP contribution in [0.1, 0.15) is 33.1 Å². The van der Waals surface area contributed by atoms with Crippen LogP contribution in [-0.4, -0.2) is 56.5 Å². The van der Waals surface area contributed by atoms with E-state index in [1.807, 2.05) is 13.8 Å². The van der Waals surface area contributed by atoms with Crippen molar-refractivity contribution in [3.8, 4) is 0 Å². The monoisotopic (exact) mass is 258 g/mol. The molecule has 1 unspecified atom stereocenters. The van der Waals surface area contributed by atoms with Gasteiger partial charge < -0.3 is 19.7 Å². The molecule has 0 bridgehead atoms. The molecule has 1 aliphatic heterocycles. The van der Waals surface area contributed by atoms with E-state index >= 15 is 0 Å². The van der Waals surface area contributed by atoms with Crippen LogP contribution in [0.5, 0.6) is 0 Å². The number of nitrogens with zero attached hydrogens (tertiary/aromatic N) is 1.